The van der Waals surface area contributed by atoms with E-state index < -0.39 is 0 Å². The molecule has 0 spiro atoms. The van der Waals surface area contributed by atoms with E-state index in [1.54, 1.807) is 0 Å². The van der Waals surface area contributed by atoms with Gasteiger partial charge in [-0.25, -0.2) is 0 Å². The van der Waals surface area contributed by atoms with E-state index in [1.165, 1.54) is 58.3 Å². The second-order valence-corrected chi connectivity index (χ2v) is 6.13. The minimum absolute atomic E-state index is 0.575. The van der Waals surface area contributed by atoms with Crippen LogP contribution in [0.1, 0.15) is 46.0 Å². The Labute approximate surface area is 94.4 Å². The molecule has 0 bridgehead atoms. The first-order chi connectivity index (χ1) is 7.16. The van der Waals surface area contributed by atoms with E-state index in [-0.39, 0.29) is 0 Å². The second-order valence-electron chi connectivity index (χ2n) is 6.13. The summed E-state index contributed by atoms with van der Waals surface area (Å²) in [4.78, 5) is 2.65. The third kappa shape index (κ3) is 3.46. The van der Waals surface area contributed by atoms with Gasteiger partial charge in [-0.15, -0.1) is 0 Å². The van der Waals surface area contributed by atoms with Gasteiger partial charge in [0, 0.05) is 12.6 Å². The van der Waals surface area contributed by atoms with Crippen LogP contribution in [-0.2, 0) is 0 Å². The first-order valence-electron chi connectivity index (χ1n) is 6.61. The zero-order valence-corrected chi connectivity index (χ0v) is 10.4. The topological polar surface area (TPSA) is 15.3 Å². The number of likely N-dealkylation sites (tertiary alicyclic amines) is 1. The number of nitrogens with one attached hydrogen (secondary N) is 1. The lowest BCUT2D eigenvalue weighted by Crippen LogP contribution is -2.27. The van der Waals surface area contributed by atoms with Gasteiger partial charge in [0.05, 0.1) is 0 Å². The van der Waals surface area contributed by atoms with Gasteiger partial charge in [0.2, 0.25) is 0 Å². The van der Waals surface area contributed by atoms with Crippen molar-refractivity contribution in [2.24, 2.45) is 5.41 Å². The first-order valence-corrected chi connectivity index (χ1v) is 6.61. The second kappa shape index (κ2) is 4.84. The molecular formula is C13H26N2. The molecule has 2 aliphatic rings. The Balaban J connectivity index is 1.58. The summed E-state index contributed by atoms with van der Waals surface area (Å²) < 4.78 is 0. The molecule has 2 rings (SSSR count). The molecule has 1 unspecified atom stereocenters. The zero-order valence-electron chi connectivity index (χ0n) is 10.4. The van der Waals surface area contributed by atoms with Crippen LogP contribution in [0, 0.1) is 5.41 Å². The summed E-state index contributed by atoms with van der Waals surface area (Å²) >= 11 is 0. The lowest BCUT2D eigenvalue weighted by molar-refractivity contribution is 0.281. The van der Waals surface area contributed by atoms with E-state index in [0.29, 0.717) is 5.41 Å². The van der Waals surface area contributed by atoms with Crippen molar-refractivity contribution in [2.75, 3.05) is 26.2 Å². The Morgan fingerprint density at radius 1 is 1.40 bits per heavy atom. The molecule has 1 N–H and O–H groups in total. The van der Waals surface area contributed by atoms with Crippen molar-refractivity contribution in [3.8, 4) is 0 Å². The normalized spacial score (nSPS) is 31.2. The highest BCUT2D eigenvalue weighted by Gasteiger charge is 2.28. The SMILES string of the molecule is CC1(C)CCN(CCCC2CCCN2)C1. The van der Waals surface area contributed by atoms with Crippen molar-refractivity contribution in [3.05, 3.63) is 0 Å². The minimum atomic E-state index is 0.575. The molecule has 0 amide bonds. The quantitative estimate of drug-likeness (QED) is 0.765. The lowest BCUT2D eigenvalue weighted by Gasteiger charge is -2.20. The van der Waals surface area contributed by atoms with Crippen LogP contribution >= 0.6 is 0 Å². The van der Waals surface area contributed by atoms with Crippen molar-refractivity contribution in [2.45, 2.75) is 52.0 Å². The molecule has 0 aromatic rings. The van der Waals surface area contributed by atoms with Crippen molar-refractivity contribution in [1.82, 2.24) is 10.2 Å². The Bertz CT molecular complexity index is 195. The van der Waals surface area contributed by atoms with Crippen molar-refractivity contribution < 1.29 is 0 Å². The lowest BCUT2D eigenvalue weighted by atomic mass is 9.93. The van der Waals surface area contributed by atoms with Crippen LogP contribution < -0.4 is 5.32 Å². The highest BCUT2D eigenvalue weighted by atomic mass is 15.1. The molecule has 2 aliphatic heterocycles. The summed E-state index contributed by atoms with van der Waals surface area (Å²) in [5, 5.41) is 3.58. The van der Waals surface area contributed by atoms with Gasteiger partial charge >= 0.3 is 0 Å². The molecule has 0 saturated carbocycles. The highest BCUT2D eigenvalue weighted by molar-refractivity contribution is 4.83. The summed E-state index contributed by atoms with van der Waals surface area (Å²) in [5.74, 6) is 0. The maximum atomic E-state index is 3.58. The molecule has 0 radical (unpaired) electrons. The van der Waals surface area contributed by atoms with Gasteiger partial charge in [0.1, 0.15) is 0 Å². The largest absolute Gasteiger partial charge is 0.314 e. The molecule has 0 aromatic heterocycles. The van der Waals surface area contributed by atoms with Crippen molar-refractivity contribution in [1.29, 1.82) is 0 Å². The first kappa shape index (κ1) is 11.4. The number of nitrogens with zero attached hydrogens (tertiary/aromatic N) is 1. The summed E-state index contributed by atoms with van der Waals surface area (Å²) in [6.45, 7) is 10.00. The third-order valence-corrected chi connectivity index (χ3v) is 3.95. The van der Waals surface area contributed by atoms with Gasteiger partial charge < -0.3 is 10.2 Å². The Morgan fingerprint density at radius 3 is 2.87 bits per heavy atom. The maximum absolute atomic E-state index is 3.58. The van der Waals surface area contributed by atoms with Gasteiger partial charge in [-0.1, -0.05) is 13.8 Å². The van der Waals surface area contributed by atoms with E-state index >= 15 is 0 Å². The van der Waals surface area contributed by atoms with E-state index in [2.05, 4.69) is 24.1 Å². The fraction of sp³-hybridized carbons (Fsp3) is 1.00. The van der Waals surface area contributed by atoms with Crippen LogP contribution in [0.4, 0.5) is 0 Å². The summed E-state index contributed by atoms with van der Waals surface area (Å²) in [5.41, 5.74) is 0.575. The van der Waals surface area contributed by atoms with E-state index in [4.69, 9.17) is 0 Å². The third-order valence-electron chi connectivity index (χ3n) is 3.95. The van der Waals surface area contributed by atoms with Gasteiger partial charge in [0.15, 0.2) is 0 Å². The Kier molecular flexibility index (Phi) is 3.68. The van der Waals surface area contributed by atoms with Gasteiger partial charge in [0.25, 0.3) is 0 Å². The van der Waals surface area contributed by atoms with Crippen LogP contribution in [0.3, 0.4) is 0 Å². The maximum Gasteiger partial charge on any atom is 0.00680 e. The predicted octanol–water partition coefficient (Wildman–Crippen LogP) is 2.25. The number of rotatable bonds is 4. The minimum Gasteiger partial charge on any atom is -0.314 e. The average Bonchev–Trinajstić information content (AvgIpc) is 2.76. The Hall–Kier alpha value is -0.0800. The molecule has 0 aromatic carbocycles. The van der Waals surface area contributed by atoms with Crippen molar-refractivity contribution >= 4 is 0 Å². The molecule has 2 heteroatoms. The van der Waals surface area contributed by atoms with Gasteiger partial charge in [-0.3, -0.25) is 0 Å². The van der Waals surface area contributed by atoms with E-state index in [9.17, 15) is 0 Å². The van der Waals surface area contributed by atoms with Crippen LogP contribution in [0.5, 0.6) is 0 Å². The predicted molar refractivity (Wildman–Crippen MR) is 65.1 cm³/mol. The Morgan fingerprint density at radius 2 is 2.27 bits per heavy atom. The zero-order chi connectivity index (χ0) is 10.7. The fourth-order valence-corrected chi connectivity index (χ4v) is 2.98. The van der Waals surface area contributed by atoms with E-state index in [1.807, 2.05) is 0 Å². The summed E-state index contributed by atoms with van der Waals surface area (Å²) in [7, 11) is 0. The fourth-order valence-electron chi connectivity index (χ4n) is 2.98. The van der Waals surface area contributed by atoms with Crippen molar-refractivity contribution in [3.63, 3.8) is 0 Å². The van der Waals surface area contributed by atoms with Crippen LogP contribution in [-0.4, -0.2) is 37.1 Å². The molecule has 2 fully saturated rings. The highest BCUT2D eigenvalue weighted by Crippen LogP contribution is 2.28. The number of hydrogen-bond donors (Lipinski definition) is 1. The molecule has 1 atom stereocenters. The molecule has 15 heavy (non-hydrogen) atoms. The van der Waals surface area contributed by atoms with Crippen LogP contribution in [0.15, 0.2) is 0 Å². The van der Waals surface area contributed by atoms with Gasteiger partial charge in [-0.2, -0.15) is 0 Å². The van der Waals surface area contributed by atoms with Crippen LogP contribution in [0.2, 0.25) is 0 Å². The standard InChI is InChI=1S/C13H26N2/c1-13(2)7-10-15(11-13)9-4-6-12-5-3-8-14-12/h12,14H,3-11H2,1-2H3. The average molecular weight is 210 g/mol. The summed E-state index contributed by atoms with van der Waals surface area (Å²) in [6, 6.07) is 0.834. The molecule has 2 heterocycles. The molecule has 2 saturated heterocycles. The number of hydrogen-bond acceptors (Lipinski definition) is 2. The molecular weight excluding hydrogens is 184 g/mol. The van der Waals surface area contributed by atoms with Crippen LogP contribution in [0.25, 0.3) is 0 Å². The monoisotopic (exact) mass is 210 g/mol. The molecule has 2 nitrogen and oxygen atoms in total. The van der Waals surface area contributed by atoms with E-state index in [0.717, 1.165) is 6.04 Å². The summed E-state index contributed by atoms with van der Waals surface area (Å²) in [6.07, 6.45) is 6.95. The van der Waals surface area contributed by atoms with Gasteiger partial charge in [-0.05, 0) is 57.2 Å². The molecule has 88 valence electrons. The molecule has 0 aliphatic carbocycles. The smallest absolute Gasteiger partial charge is 0.00680 e.